The predicted molar refractivity (Wildman–Crippen MR) is 125 cm³/mol. The first-order valence-electron chi connectivity index (χ1n) is 11.6. The fourth-order valence-corrected chi connectivity index (χ4v) is 7.01. The van der Waals surface area contributed by atoms with Crippen LogP contribution in [0.1, 0.15) is 31.0 Å². The van der Waals surface area contributed by atoms with Crippen LogP contribution in [-0.4, -0.2) is 35.6 Å². The van der Waals surface area contributed by atoms with E-state index in [2.05, 4.69) is 9.97 Å². The molecule has 3 aromatic rings. The van der Waals surface area contributed by atoms with Crippen LogP contribution in [0, 0.1) is 23.5 Å². The second kappa shape index (κ2) is 10.5. The Kier molecular flexibility index (Phi) is 7.64. The SMILES string of the molecule is C[C@@H]1C(S(=O)(=O)c2ccc(F)cc2)[C@H](C(=O)CCc2cc(-c3ccc(C(F)(F)F)nc3)ncc2F)C[C@H]1F. The quantitative estimate of drug-likeness (QED) is 0.273. The number of nitrogens with zero attached hydrogens (tertiary/aromatic N) is 2. The Bertz CT molecular complexity index is 1430. The van der Waals surface area contributed by atoms with E-state index in [1.54, 1.807) is 0 Å². The van der Waals surface area contributed by atoms with Crippen molar-refractivity contribution in [1.29, 1.82) is 0 Å². The van der Waals surface area contributed by atoms with Gasteiger partial charge in [0.2, 0.25) is 0 Å². The average Bonchev–Trinajstić information content (AvgIpc) is 3.18. The van der Waals surface area contributed by atoms with Crippen LogP contribution in [0.3, 0.4) is 0 Å². The summed E-state index contributed by atoms with van der Waals surface area (Å²) in [6, 6.07) is 7.23. The first-order valence-corrected chi connectivity index (χ1v) is 13.2. The Hall–Kier alpha value is -3.28. The minimum atomic E-state index is -4.63. The number of benzene rings is 1. The van der Waals surface area contributed by atoms with E-state index in [4.69, 9.17) is 0 Å². The molecule has 2 heterocycles. The molecule has 0 radical (unpaired) electrons. The molecule has 0 N–H and O–H groups in total. The largest absolute Gasteiger partial charge is 0.433 e. The number of aromatic nitrogens is 2. The summed E-state index contributed by atoms with van der Waals surface area (Å²) in [6.45, 7) is 1.40. The van der Waals surface area contributed by atoms with E-state index in [1.807, 2.05) is 0 Å². The number of pyridine rings is 2. The Balaban J connectivity index is 1.53. The summed E-state index contributed by atoms with van der Waals surface area (Å²) in [5.41, 5.74) is -0.744. The molecular weight excluding hydrogens is 534 g/mol. The van der Waals surface area contributed by atoms with Crippen molar-refractivity contribution in [2.75, 3.05) is 0 Å². The lowest BCUT2D eigenvalue weighted by Gasteiger charge is -2.22. The second-order valence-electron chi connectivity index (χ2n) is 9.24. The average molecular weight is 557 g/mol. The molecule has 0 aliphatic heterocycles. The Labute approximate surface area is 214 Å². The van der Waals surface area contributed by atoms with Gasteiger partial charge in [0.05, 0.1) is 22.0 Å². The van der Waals surface area contributed by atoms with Crippen LogP contribution in [0.5, 0.6) is 0 Å². The van der Waals surface area contributed by atoms with Crippen LogP contribution in [0.15, 0.2) is 59.8 Å². The van der Waals surface area contributed by atoms with Gasteiger partial charge in [0, 0.05) is 30.0 Å². The Morgan fingerprint density at radius 2 is 1.71 bits per heavy atom. The lowest BCUT2D eigenvalue weighted by Crippen LogP contribution is -2.35. The molecular formula is C26H22F6N2O3S. The van der Waals surface area contributed by atoms with Crippen molar-refractivity contribution in [3.63, 3.8) is 0 Å². The summed E-state index contributed by atoms with van der Waals surface area (Å²) in [5, 5.41) is -1.37. The molecule has 0 spiro atoms. The maximum absolute atomic E-state index is 14.6. The van der Waals surface area contributed by atoms with Gasteiger partial charge in [0.15, 0.2) is 9.84 Å². The molecule has 38 heavy (non-hydrogen) atoms. The van der Waals surface area contributed by atoms with E-state index in [0.717, 1.165) is 48.8 Å². The number of ketones is 1. The topological polar surface area (TPSA) is 77.0 Å². The second-order valence-corrected chi connectivity index (χ2v) is 11.3. The van der Waals surface area contributed by atoms with E-state index in [9.17, 15) is 39.6 Å². The van der Waals surface area contributed by atoms with Crippen molar-refractivity contribution < 1.29 is 39.6 Å². The van der Waals surface area contributed by atoms with Crippen molar-refractivity contribution in [2.24, 2.45) is 11.8 Å². The molecule has 4 atom stereocenters. The van der Waals surface area contributed by atoms with Crippen LogP contribution in [0.4, 0.5) is 26.3 Å². The number of alkyl halides is 4. The van der Waals surface area contributed by atoms with Crippen molar-refractivity contribution in [1.82, 2.24) is 9.97 Å². The molecule has 1 aromatic carbocycles. The molecule has 1 unspecified atom stereocenters. The van der Waals surface area contributed by atoms with E-state index in [-0.39, 0.29) is 41.0 Å². The predicted octanol–water partition coefficient (Wildman–Crippen LogP) is 5.78. The summed E-state index contributed by atoms with van der Waals surface area (Å²) >= 11 is 0. The molecule has 0 bridgehead atoms. The van der Waals surface area contributed by atoms with Crippen molar-refractivity contribution in [3.05, 3.63) is 77.8 Å². The number of hydrogen-bond acceptors (Lipinski definition) is 5. The number of halogens is 6. The van der Waals surface area contributed by atoms with Gasteiger partial charge in [-0.3, -0.25) is 14.8 Å². The minimum Gasteiger partial charge on any atom is -0.299 e. The number of carbonyl (C=O) groups excluding carboxylic acids is 1. The van der Waals surface area contributed by atoms with Gasteiger partial charge in [-0.05, 0) is 60.9 Å². The zero-order chi connectivity index (χ0) is 27.8. The fourth-order valence-electron chi connectivity index (χ4n) is 4.74. The Morgan fingerprint density at radius 1 is 1.03 bits per heavy atom. The van der Waals surface area contributed by atoms with Gasteiger partial charge in [-0.2, -0.15) is 13.2 Å². The highest BCUT2D eigenvalue weighted by Crippen LogP contribution is 2.42. The zero-order valence-electron chi connectivity index (χ0n) is 19.9. The molecule has 5 nitrogen and oxygen atoms in total. The molecule has 1 aliphatic carbocycles. The Morgan fingerprint density at radius 3 is 2.32 bits per heavy atom. The van der Waals surface area contributed by atoms with Gasteiger partial charge in [-0.1, -0.05) is 6.92 Å². The molecule has 4 rings (SSSR count). The number of rotatable bonds is 7. The molecule has 0 amide bonds. The van der Waals surface area contributed by atoms with Crippen molar-refractivity contribution in [2.45, 2.75) is 48.7 Å². The van der Waals surface area contributed by atoms with Crippen LogP contribution >= 0.6 is 0 Å². The fraction of sp³-hybridized carbons (Fsp3) is 0.346. The van der Waals surface area contributed by atoms with E-state index < -0.39 is 62.4 Å². The van der Waals surface area contributed by atoms with E-state index in [0.29, 0.717) is 0 Å². The van der Waals surface area contributed by atoms with Gasteiger partial charge in [0.1, 0.15) is 29.3 Å². The van der Waals surface area contributed by atoms with Gasteiger partial charge < -0.3 is 0 Å². The highest BCUT2D eigenvalue weighted by Gasteiger charge is 2.51. The van der Waals surface area contributed by atoms with Gasteiger partial charge in [-0.25, -0.2) is 21.6 Å². The number of Topliss-reactive ketones (excluding diaryl/α,β-unsaturated/α-hetero) is 1. The number of aryl methyl sites for hydroxylation is 1. The van der Waals surface area contributed by atoms with Crippen molar-refractivity contribution in [3.8, 4) is 11.3 Å². The summed E-state index contributed by atoms with van der Waals surface area (Å²) in [7, 11) is -4.18. The summed E-state index contributed by atoms with van der Waals surface area (Å²) in [4.78, 5) is 20.1. The van der Waals surface area contributed by atoms with Crippen molar-refractivity contribution >= 4 is 15.6 Å². The maximum atomic E-state index is 14.6. The van der Waals surface area contributed by atoms with Crippen LogP contribution in [0.25, 0.3) is 11.3 Å². The lowest BCUT2D eigenvalue weighted by molar-refractivity contribution is -0.141. The monoisotopic (exact) mass is 556 g/mol. The highest BCUT2D eigenvalue weighted by molar-refractivity contribution is 7.92. The van der Waals surface area contributed by atoms with Gasteiger partial charge >= 0.3 is 6.18 Å². The first kappa shape index (κ1) is 27.7. The minimum absolute atomic E-state index is 0.0315. The molecule has 2 aromatic heterocycles. The molecule has 1 fully saturated rings. The number of carbonyl (C=O) groups is 1. The van der Waals surface area contributed by atoms with Gasteiger partial charge in [0.25, 0.3) is 0 Å². The molecule has 12 heteroatoms. The molecule has 1 saturated carbocycles. The lowest BCUT2D eigenvalue weighted by atomic mass is 9.95. The maximum Gasteiger partial charge on any atom is 0.433 e. The highest BCUT2D eigenvalue weighted by atomic mass is 32.2. The smallest absolute Gasteiger partial charge is 0.299 e. The van der Waals surface area contributed by atoms with Crippen LogP contribution in [0.2, 0.25) is 0 Å². The summed E-state index contributed by atoms with van der Waals surface area (Å²) in [5.74, 6) is -4.15. The van der Waals surface area contributed by atoms with Gasteiger partial charge in [-0.15, -0.1) is 0 Å². The molecule has 1 aliphatic rings. The van der Waals surface area contributed by atoms with E-state index in [1.165, 1.54) is 13.0 Å². The third-order valence-corrected chi connectivity index (χ3v) is 9.21. The van der Waals surface area contributed by atoms with Crippen LogP contribution in [-0.2, 0) is 27.2 Å². The first-order chi connectivity index (χ1) is 17.8. The summed E-state index contributed by atoms with van der Waals surface area (Å²) in [6.07, 6.45) is -5.15. The van der Waals surface area contributed by atoms with E-state index >= 15 is 0 Å². The molecule has 202 valence electrons. The normalized spacial score (nSPS) is 22.0. The van der Waals surface area contributed by atoms with Crippen LogP contribution < -0.4 is 0 Å². The summed E-state index contributed by atoms with van der Waals surface area (Å²) < 4.78 is 107. The number of sulfone groups is 1. The standard InChI is InChI=1S/C26H22F6N2O3S/c1-14-20(28)11-19(25(14)38(36,37)18-6-4-17(27)5-7-18)23(35)8-2-15-10-22(33-13-21(15)29)16-3-9-24(34-12-16)26(30,31)32/h3-7,9-10,12-14,19-20,25H,2,8,11H2,1H3/t14-,19-,20+,25?/m0/s1. The third kappa shape index (κ3) is 5.59. The zero-order valence-corrected chi connectivity index (χ0v) is 20.7. The molecule has 0 saturated heterocycles. The third-order valence-electron chi connectivity index (χ3n) is 6.80. The number of hydrogen-bond donors (Lipinski definition) is 0.